The molecule has 1 heterocycles. The van der Waals surface area contributed by atoms with Gasteiger partial charge >= 0.3 is 5.97 Å². The Morgan fingerprint density at radius 3 is 2.68 bits per heavy atom. The Morgan fingerprint density at radius 1 is 1.47 bits per heavy atom. The molecule has 6 nitrogen and oxygen atoms in total. The van der Waals surface area contributed by atoms with Crippen molar-refractivity contribution in [2.45, 2.75) is 19.4 Å². The van der Waals surface area contributed by atoms with Gasteiger partial charge < -0.3 is 15.4 Å². The monoisotopic (exact) mass is 284 g/mol. The molecule has 0 spiro atoms. The fraction of sp³-hybridized carbons (Fsp3) is 0.417. The molecule has 0 aromatic carbocycles. The summed E-state index contributed by atoms with van der Waals surface area (Å²) in [6.45, 7) is 1.65. The van der Waals surface area contributed by atoms with E-state index in [1.165, 1.54) is 17.8 Å². The summed E-state index contributed by atoms with van der Waals surface area (Å²) in [4.78, 5) is 36.7. The smallest absolute Gasteiger partial charge is 0.326 e. The Balaban J connectivity index is 2.81. The summed E-state index contributed by atoms with van der Waals surface area (Å²) in [5, 5.41) is 11.4. The summed E-state index contributed by atoms with van der Waals surface area (Å²) >= 11 is 1.51. The van der Waals surface area contributed by atoms with Gasteiger partial charge in [0.25, 0.3) is 5.91 Å². The number of carboxylic acid groups (broad SMARTS) is 1. The van der Waals surface area contributed by atoms with Gasteiger partial charge in [-0.15, -0.1) is 0 Å². The maximum atomic E-state index is 11.9. The first-order valence-electron chi connectivity index (χ1n) is 5.67. The number of aromatic nitrogens is 1. The van der Waals surface area contributed by atoms with E-state index in [9.17, 15) is 14.4 Å². The van der Waals surface area contributed by atoms with Crippen LogP contribution in [0.25, 0.3) is 0 Å². The Labute approximate surface area is 114 Å². The normalized spacial score (nSPS) is 11.9. The quantitative estimate of drug-likeness (QED) is 0.711. The Morgan fingerprint density at radius 2 is 2.16 bits per heavy atom. The van der Waals surface area contributed by atoms with Crippen LogP contribution >= 0.6 is 11.8 Å². The van der Waals surface area contributed by atoms with Gasteiger partial charge in [-0.25, -0.2) is 4.79 Å². The number of nitrogens with one attached hydrogen (secondary N) is 2. The third-order valence-corrected chi connectivity index (χ3v) is 3.10. The summed E-state index contributed by atoms with van der Waals surface area (Å²) in [5.41, 5.74) is 0.325. The number of aliphatic carboxylic acids is 1. The number of rotatable bonds is 6. The van der Waals surface area contributed by atoms with Gasteiger partial charge in [-0.2, -0.15) is 11.8 Å². The lowest BCUT2D eigenvalue weighted by Crippen LogP contribution is -2.41. The first-order valence-corrected chi connectivity index (χ1v) is 7.07. The molecule has 1 amide bonds. The second kappa shape index (κ2) is 6.98. The number of carboxylic acids is 1. The molecule has 0 saturated carbocycles. The molecule has 1 atom stereocenters. The first-order chi connectivity index (χ1) is 8.93. The lowest BCUT2D eigenvalue weighted by Gasteiger charge is -2.13. The maximum absolute atomic E-state index is 11.9. The van der Waals surface area contributed by atoms with E-state index in [-0.39, 0.29) is 11.1 Å². The topological polar surface area (TPSA) is 99.3 Å². The van der Waals surface area contributed by atoms with E-state index in [0.717, 1.165) is 6.07 Å². The molecule has 1 aromatic heterocycles. The van der Waals surface area contributed by atoms with Crippen LogP contribution in [-0.4, -0.2) is 40.0 Å². The minimum absolute atomic E-state index is 0.164. The van der Waals surface area contributed by atoms with Crippen molar-refractivity contribution in [1.82, 2.24) is 10.3 Å². The van der Waals surface area contributed by atoms with Crippen molar-refractivity contribution in [3.8, 4) is 0 Å². The van der Waals surface area contributed by atoms with Crippen molar-refractivity contribution in [3.63, 3.8) is 0 Å². The Hall–Kier alpha value is -1.76. The van der Waals surface area contributed by atoms with Gasteiger partial charge in [0.1, 0.15) is 6.04 Å². The SMILES string of the molecule is CSCC[C@@H](NC(=O)c1cc(C)[nH]c(=O)c1)C(=O)O. The van der Waals surface area contributed by atoms with Crippen LogP contribution in [0.5, 0.6) is 0 Å². The molecule has 0 unspecified atom stereocenters. The van der Waals surface area contributed by atoms with Crippen LogP contribution in [-0.2, 0) is 4.79 Å². The molecular formula is C12H16N2O4S. The van der Waals surface area contributed by atoms with E-state index in [0.29, 0.717) is 17.9 Å². The maximum Gasteiger partial charge on any atom is 0.326 e. The number of aryl methyl sites for hydroxylation is 1. The van der Waals surface area contributed by atoms with Gasteiger partial charge in [0, 0.05) is 17.3 Å². The first kappa shape index (κ1) is 15.3. The van der Waals surface area contributed by atoms with Gasteiger partial charge in [-0.3, -0.25) is 9.59 Å². The average Bonchev–Trinajstić information content (AvgIpc) is 2.32. The second-order valence-electron chi connectivity index (χ2n) is 4.06. The Kier molecular flexibility index (Phi) is 5.62. The number of hydrogen-bond donors (Lipinski definition) is 3. The minimum Gasteiger partial charge on any atom is -0.480 e. The lowest BCUT2D eigenvalue weighted by molar-refractivity contribution is -0.139. The minimum atomic E-state index is -1.08. The molecule has 104 valence electrons. The van der Waals surface area contributed by atoms with Crippen molar-refractivity contribution in [2.24, 2.45) is 0 Å². The van der Waals surface area contributed by atoms with E-state index in [1.54, 1.807) is 6.92 Å². The van der Waals surface area contributed by atoms with E-state index in [1.807, 2.05) is 6.26 Å². The van der Waals surface area contributed by atoms with Crippen molar-refractivity contribution >= 4 is 23.6 Å². The van der Waals surface area contributed by atoms with Crippen LogP contribution in [0.15, 0.2) is 16.9 Å². The molecule has 0 aliphatic rings. The number of hydrogen-bond acceptors (Lipinski definition) is 4. The highest BCUT2D eigenvalue weighted by atomic mass is 32.2. The van der Waals surface area contributed by atoms with Crippen LogP contribution < -0.4 is 10.9 Å². The number of H-pyrrole nitrogens is 1. The van der Waals surface area contributed by atoms with E-state index in [4.69, 9.17) is 5.11 Å². The zero-order chi connectivity index (χ0) is 14.4. The summed E-state index contributed by atoms with van der Waals surface area (Å²) in [5.74, 6) is -1.00. The van der Waals surface area contributed by atoms with Gasteiger partial charge in [-0.1, -0.05) is 0 Å². The number of aromatic amines is 1. The van der Waals surface area contributed by atoms with E-state index >= 15 is 0 Å². The van der Waals surface area contributed by atoms with E-state index < -0.39 is 17.9 Å². The van der Waals surface area contributed by atoms with Crippen LogP contribution in [0.2, 0.25) is 0 Å². The molecule has 0 aliphatic carbocycles. The lowest BCUT2D eigenvalue weighted by atomic mass is 10.2. The highest BCUT2D eigenvalue weighted by Crippen LogP contribution is 2.04. The van der Waals surface area contributed by atoms with Gasteiger partial charge in [-0.05, 0) is 31.4 Å². The number of carbonyl (C=O) groups is 2. The molecular weight excluding hydrogens is 268 g/mol. The van der Waals surface area contributed by atoms with Gasteiger partial charge in [0.2, 0.25) is 5.56 Å². The molecule has 1 rings (SSSR count). The number of pyridine rings is 1. The Bertz CT molecular complexity index is 527. The summed E-state index contributed by atoms with van der Waals surface area (Å²) in [7, 11) is 0. The predicted molar refractivity (Wildman–Crippen MR) is 73.7 cm³/mol. The molecule has 3 N–H and O–H groups in total. The molecule has 19 heavy (non-hydrogen) atoms. The standard InChI is InChI=1S/C12H16N2O4S/c1-7-5-8(6-10(15)13-7)11(16)14-9(12(17)18)3-4-19-2/h5-6,9H,3-4H2,1-2H3,(H,13,15)(H,14,16)(H,17,18)/t9-/m1/s1. The molecule has 0 fully saturated rings. The molecule has 1 aromatic rings. The molecule has 0 aliphatic heterocycles. The fourth-order valence-electron chi connectivity index (χ4n) is 1.55. The third kappa shape index (κ3) is 4.78. The third-order valence-electron chi connectivity index (χ3n) is 2.46. The van der Waals surface area contributed by atoms with Crippen molar-refractivity contribution in [3.05, 3.63) is 33.7 Å². The van der Waals surface area contributed by atoms with Crippen molar-refractivity contribution in [2.75, 3.05) is 12.0 Å². The summed E-state index contributed by atoms with van der Waals surface area (Å²) in [6.07, 6.45) is 2.20. The number of carbonyl (C=O) groups excluding carboxylic acids is 1. The van der Waals surface area contributed by atoms with E-state index in [2.05, 4.69) is 10.3 Å². The molecule has 0 radical (unpaired) electrons. The number of amides is 1. The molecule has 7 heteroatoms. The van der Waals surface area contributed by atoms with Gasteiger partial charge in [0.05, 0.1) is 0 Å². The highest BCUT2D eigenvalue weighted by molar-refractivity contribution is 7.98. The fourth-order valence-corrected chi connectivity index (χ4v) is 2.02. The highest BCUT2D eigenvalue weighted by Gasteiger charge is 2.20. The van der Waals surface area contributed by atoms with Crippen LogP contribution in [0, 0.1) is 6.92 Å². The van der Waals surface area contributed by atoms with Crippen molar-refractivity contribution < 1.29 is 14.7 Å². The zero-order valence-corrected chi connectivity index (χ0v) is 11.5. The van der Waals surface area contributed by atoms with Crippen LogP contribution in [0.1, 0.15) is 22.5 Å². The summed E-state index contributed by atoms with van der Waals surface area (Å²) in [6, 6.07) is 1.71. The predicted octanol–water partition coefficient (Wildman–Crippen LogP) is 0.619. The average molecular weight is 284 g/mol. The van der Waals surface area contributed by atoms with Crippen LogP contribution in [0.4, 0.5) is 0 Å². The second-order valence-corrected chi connectivity index (χ2v) is 5.05. The van der Waals surface area contributed by atoms with Crippen molar-refractivity contribution in [1.29, 1.82) is 0 Å². The zero-order valence-electron chi connectivity index (χ0n) is 10.7. The molecule has 0 saturated heterocycles. The van der Waals surface area contributed by atoms with Gasteiger partial charge in [0.15, 0.2) is 0 Å². The number of thioether (sulfide) groups is 1. The van der Waals surface area contributed by atoms with Crippen LogP contribution in [0.3, 0.4) is 0 Å². The summed E-state index contributed by atoms with van der Waals surface area (Å²) < 4.78 is 0. The largest absolute Gasteiger partial charge is 0.480 e. The molecule has 0 bridgehead atoms.